The summed E-state index contributed by atoms with van der Waals surface area (Å²) in [4.78, 5) is 28.5. The fourth-order valence-electron chi connectivity index (χ4n) is 1.82. The number of pyridine rings is 1. The summed E-state index contributed by atoms with van der Waals surface area (Å²) in [5.74, 6) is -0.0141. The van der Waals surface area contributed by atoms with Crippen molar-refractivity contribution in [3.8, 4) is 0 Å². The molecule has 0 radical (unpaired) electrons. The largest absolute Gasteiger partial charge is 0.288 e. The Balaban J connectivity index is 1.71. The zero-order valence-electron chi connectivity index (χ0n) is 13.1. The molecule has 0 saturated carbocycles. The number of benzene rings is 1. The number of aryl methyl sites for hydroxylation is 2. The van der Waals surface area contributed by atoms with Crippen LogP contribution in [0.1, 0.15) is 28.0 Å². The van der Waals surface area contributed by atoms with Crippen LogP contribution in [0.5, 0.6) is 0 Å². The lowest BCUT2D eigenvalue weighted by molar-refractivity contribution is -0.121. The summed E-state index contributed by atoms with van der Waals surface area (Å²) in [6, 6.07) is 11.2. The van der Waals surface area contributed by atoms with Gasteiger partial charge in [-0.15, -0.1) is 11.8 Å². The van der Waals surface area contributed by atoms with Gasteiger partial charge in [-0.05, 0) is 49.2 Å². The Kier molecular flexibility index (Phi) is 6.17. The molecule has 120 valence electrons. The smallest absolute Gasteiger partial charge is 0.273 e. The molecule has 2 rings (SSSR count). The van der Waals surface area contributed by atoms with E-state index in [0.717, 1.165) is 4.90 Å². The molecule has 5 nitrogen and oxygen atoms in total. The Hall–Kier alpha value is -2.34. The highest BCUT2D eigenvalue weighted by molar-refractivity contribution is 7.99. The highest BCUT2D eigenvalue weighted by atomic mass is 32.2. The first-order chi connectivity index (χ1) is 11.1. The molecule has 0 atom stereocenters. The van der Waals surface area contributed by atoms with Crippen molar-refractivity contribution in [2.24, 2.45) is 0 Å². The molecule has 23 heavy (non-hydrogen) atoms. The van der Waals surface area contributed by atoms with E-state index in [0.29, 0.717) is 12.2 Å². The van der Waals surface area contributed by atoms with Crippen molar-refractivity contribution in [2.75, 3.05) is 5.75 Å². The minimum atomic E-state index is -0.430. The van der Waals surface area contributed by atoms with Crippen LogP contribution >= 0.6 is 11.8 Å². The van der Waals surface area contributed by atoms with E-state index in [2.05, 4.69) is 41.8 Å². The molecule has 2 amide bonds. The summed E-state index contributed by atoms with van der Waals surface area (Å²) < 4.78 is 0. The Bertz CT molecular complexity index is 689. The van der Waals surface area contributed by atoms with Crippen molar-refractivity contribution in [3.63, 3.8) is 0 Å². The lowest BCUT2D eigenvalue weighted by atomic mass is 10.1. The molecule has 1 aromatic carbocycles. The zero-order valence-corrected chi connectivity index (χ0v) is 13.9. The predicted octanol–water partition coefficient (Wildman–Crippen LogP) is 2.64. The molecule has 0 aliphatic carbocycles. The fraction of sp³-hybridized carbons (Fsp3) is 0.235. The van der Waals surface area contributed by atoms with Gasteiger partial charge in [0.25, 0.3) is 5.91 Å². The maximum absolute atomic E-state index is 11.7. The number of aromatic nitrogens is 1. The minimum Gasteiger partial charge on any atom is -0.273 e. The molecule has 1 heterocycles. The molecule has 0 spiro atoms. The number of nitrogens with one attached hydrogen (secondary N) is 2. The van der Waals surface area contributed by atoms with E-state index in [4.69, 9.17) is 0 Å². The quantitative estimate of drug-likeness (QED) is 0.653. The number of thioether (sulfide) groups is 1. The van der Waals surface area contributed by atoms with Gasteiger partial charge in [0.1, 0.15) is 5.69 Å². The number of rotatable bonds is 5. The fourth-order valence-corrected chi connectivity index (χ4v) is 2.76. The minimum absolute atomic E-state index is 0.231. The monoisotopic (exact) mass is 329 g/mol. The molecule has 0 aliphatic heterocycles. The van der Waals surface area contributed by atoms with Gasteiger partial charge in [-0.1, -0.05) is 12.1 Å². The molecule has 1 aromatic heterocycles. The highest BCUT2D eigenvalue weighted by Gasteiger charge is 2.08. The molecule has 0 aliphatic rings. The van der Waals surface area contributed by atoms with Gasteiger partial charge in [-0.25, -0.2) is 0 Å². The molecule has 0 unspecified atom stereocenters. The van der Waals surface area contributed by atoms with Crippen LogP contribution in [-0.4, -0.2) is 22.6 Å². The van der Waals surface area contributed by atoms with E-state index in [1.54, 1.807) is 30.0 Å². The number of hydrogen-bond donors (Lipinski definition) is 2. The van der Waals surface area contributed by atoms with E-state index < -0.39 is 5.91 Å². The third-order valence-corrected chi connectivity index (χ3v) is 4.28. The normalized spacial score (nSPS) is 10.2. The summed E-state index contributed by atoms with van der Waals surface area (Å²) in [5, 5.41) is 0. The van der Waals surface area contributed by atoms with Crippen LogP contribution in [0.4, 0.5) is 0 Å². The summed E-state index contributed by atoms with van der Waals surface area (Å²) in [5.41, 5.74) is 7.50. The first-order valence-electron chi connectivity index (χ1n) is 7.26. The van der Waals surface area contributed by atoms with E-state index in [-0.39, 0.29) is 11.6 Å². The molecule has 0 bridgehead atoms. The van der Waals surface area contributed by atoms with Gasteiger partial charge in [-0.2, -0.15) is 0 Å². The molecule has 2 aromatic rings. The zero-order chi connectivity index (χ0) is 16.7. The second-order valence-electron chi connectivity index (χ2n) is 5.06. The number of carbonyl (C=O) groups is 2. The van der Waals surface area contributed by atoms with Crippen molar-refractivity contribution >= 4 is 23.6 Å². The Morgan fingerprint density at radius 1 is 1.09 bits per heavy atom. The lowest BCUT2D eigenvalue weighted by Gasteiger charge is -2.07. The van der Waals surface area contributed by atoms with Gasteiger partial charge in [0.15, 0.2) is 0 Å². The van der Waals surface area contributed by atoms with Gasteiger partial charge >= 0.3 is 0 Å². The SMILES string of the molecule is Cc1ccc(SCCC(=O)NNC(=O)c2ccccn2)cc1C. The lowest BCUT2D eigenvalue weighted by Crippen LogP contribution is -2.42. The third-order valence-electron chi connectivity index (χ3n) is 3.29. The van der Waals surface area contributed by atoms with Crippen LogP contribution < -0.4 is 10.9 Å². The number of amides is 2. The Morgan fingerprint density at radius 3 is 2.61 bits per heavy atom. The van der Waals surface area contributed by atoms with Crippen molar-refractivity contribution < 1.29 is 9.59 Å². The number of hydrazine groups is 1. The average molecular weight is 329 g/mol. The van der Waals surface area contributed by atoms with E-state index in [1.165, 1.54) is 17.3 Å². The molecular weight excluding hydrogens is 310 g/mol. The standard InChI is InChI=1S/C17H19N3O2S/c1-12-6-7-14(11-13(12)2)23-10-8-16(21)19-20-17(22)15-5-3-4-9-18-15/h3-7,9,11H,8,10H2,1-2H3,(H,19,21)(H,20,22). The molecular formula is C17H19N3O2S. The second-order valence-corrected chi connectivity index (χ2v) is 6.23. The highest BCUT2D eigenvalue weighted by Crippen LogP contribution is 2.21. The van der Waals surface area contributed by atoms with Gasteiger partial charge < -0.3 is 0 Å². The number of nitrogens with zero attached hydrogens (tertiary/aromatic N) is 1. The maximum atomic E-state index is 11.7. The Labute approximate surface area is 139 Å². The van der Waals surface area contributed by atoms with Crippen LogP contribution in [0, 0.1) is 13.8 Å². The Morgan fingerprint density at radius 2 is 1.91 bits per heavy atom. The summed E-state index contributed by atoms with van der Waals surface area (Å²) in [6.07, 6.45) is 1.84. The average Bonchev–Trinajstić information content (AvgIpc) is 2.56. The van der Waals surface area contributed by atoms with E-state index >= 15 is 0 Å². The second kappa shape index (κ2) is 8.33. The van der Waals surface area contributed by atoms with Crippen LogP contribution in [0.2, 0.25) is 0 Å². The molecule has 6 heteroatoms. The van der Waals surface area contributed by atoms with Gasteiger partial charge in [0.05, 0.1) is 0 Å². The number of carbonyl (C=O) groups excluding carboxylic acids is 2. The first-order valence-corrected chi connectivity index (χ1v) is 8.25. The summed E-state index contributed by atoms with van der Waals surface area (Å²) in [6.45, 7) is 4.14. The van der Waals surface area contributed by atoms with Crippen molar-refractivity contribution in [3.05, 3.63) is 59.4 Å². The van der Waals surface area contributed by atoms with Gasteiger partial charge in [-0.3, -0.25) is 25.4 Å². The molecule has 0 fully saturated rings. The van der Waals surface area contributed by atoms with Gasteiger partial charge in [0.2, 0.25) is 5.91 Å². The topological polar surface area (TPSA) is 71.1 Å². The maximum Gasteiger partial charge on any atom is 0.288 e. The summed E-state index contributed by atoms with van der Waals surface area (Å²) >= 11 is 1.62. The van der Waals surface area contributed by atoms with Crippen LogP contribution in [0.25, 0.3) is 0 Å². The number of hydrogen-bond acceptors (Lipinski definition) is 4. The van der Waals surface area contributed by atoms with Gasteiger partial charge in [0, 0.05) is 23.3 Å². The molecule has 0 saturated heterocycles. The molecule has 2 N–H and O–H groups in total. The van der Waals surface area contributed by atoms with Crippen molar-refractivity contribution in [1.82, 2.24) is 15.8 Å². The van der Waals surface area contributed by atoms with E-state index in [9.17, 15) is 9.59 Å². The first kappa shape index (κ1) is 17.0. The van der Waals surface area contributed by atoms with Crippen molar-refractivity contribution in [1.29, 1.82) is 0 Å². The van der Waals surface area contributed by atoms with Crippen LogP contribution in [0.15, 0.2) is 47.5 Å². The third kappa shape index (κ3) is 5.41. The van der Waals surface area contributed by atoms with Crippen LogP contribution in [0.3, 0.4) is 0 Å². The van der Waals surface area contributed by atoms with E-state index in [1.807, 2.05) is 6.07 Å². The summed E-state index contributed by atoms with van der Waals surface area (Å²) in [7, 11) is 0. The van der Waals surface area contributed by atoms with Crippen molar-refractivity contribution in [2.45, 2.75) is 25.2 Å². The van der Waals surface area contributed by atoms with Crippen LogP contribution in [-0.2, 0) is 4.79 Å². The predicted molar refractivity (Wildman–Crippen MR) is 91.1 cm³/mol.